The topological polar surface area (TPSA) is 75.5 Å². The Bertz CT molecular complexity index is 1270. The summed E-state index contributed by atoms with van der Waals surface area (Å²) in [6, 6.07) is 11.4. The Balaban J connectivity index is 1.47. The van der Waals surface area contributed by atoms with Crippen LogP contribution in [0.1, 0.15) is 15.9 Å². The highest BCUT2D eigenvalue weighted by molar-refractivity contribution is 7.89. The lowest BCUT2D eigenvalue weighted by molar-refractivity contribution is -0.137. The van der Waals surface area contributed by atoms with Gasteiger partial charge in [-0.3, -0.25) is 4.79 Å². The minimum absolute atomic E-state index is 0.0746. The molecule has 0 N–H and O–H groups in total. The van der Waals surface area contributed by atoms with E-state index >= 15 is 0 Å². The molecule has 1 amide bonds. The van der Waals surface area contributed by atoms with Gasteiger partial charge in [-0.1, -0.05) is 29.8 Å². The molecule has 0 aliphatic carbocycles. The van der Waals surface area contributed by atoms with Crippen molar-refractivity contribution in [1.29, 1.82) is 0 Å². The molecule has 0 bridgehead atoms. The molecular weight excluding hydrogens is 481 g/mol. The summed E-state index contributed by atoms with van der Waals surface area (Å²) in [5.41, 5.74) is 0.0243. The molecule has 33 heavy (non-hydrogen) atoms. The second-order valence-electron chi connectivity index (χ2n) is 7.35. The maximum atomic E-state index is 13.0. The van der Waals surface area contributed by atoms with Crippen molar-refractivity contribution in [1.82, 2.24) is 19.0 Å². The number of carbonyl (C=O) groups excluding carboxylic acids is 1. The van der Waals surface area contributed by atoms with Crippen molar-refractivity contribution in [2.24, 2.45) is 0 Å². The second-order valence-corrected chi connectivity index (χ2v) is 9.66. The van der Waals surface area contributed by atoms with Gasteiger partial charge in [0.25, 0.3) is 5.91 Å². The number of halogens is 4. The lowest BCUT2D eigenvalue weighted by Gasteiger charge is -2.34. The smallest absolute Gasteiger partial charge is 0.336 e. The van der Waals surface area contributed by atoms with Crippen LogP contribution in [0, 0.1) is 0 Å². The van der Waals surface area contributed by atoms with Gasteiger partial charge in [0.15, 0.2) is 0 Å². The van der Waals surface area contributed by atoms with Crippen molar-refractivity contribution in [2.45, 2.75) is 11.1 Å². The first-order chi connectivity index (χ1) is 15.6. The number of hydrogen-bond donors (Lipinski definition) is 0. The van der Waals surface area contributed by atoms with Gasteiger partial charge in [0.2, 0.25) is 10.0 Å². The molecule has 0 radical (unpaired) electrons. The third kappa shape index (κ3) is 4.75. The summed E-state index contributed by atoms with van der Waals surface area (Å²) in [4.78, 5) is 13.7. The highest BCUT2D eigenvalue weighted by atomic mass is 35.5. The first-order valence-electron chi connectivity index (χ1n) is 9.83. The first kappa shape index (κ1) is 23.3. The molecule has 174 valence electrons. The summed E-state index contributed by atoms with van der Waals surface area (Å²) in [6.45, 7) is -0.00272. The fourth-order valence-electron chi connectivity index (χ4n) is 3.49. The van der Waals surface area contributed by atoms with E-state index in [-0.39, 0.29) is 37.1 Å². The zero-order valence-corrected chi connectivity index (χ0v) is 18.6. The van der Waals surface area contributed by atoms with Crippen molar-refractivity contribution in [2.75, 3.05) is 26.2 Å². The maximum absolute atomic E-state index is 13.0. The van der Waals surface area contributed by atoms with Crippen LogP contribution in [0.2, 0.25) is 5.02 Å². The van der Waals surface area contributed by atoms with Crippen molar-refractivity contribution in [3.05, 3.63) is 77.1 Å². The molecule has 0 atom stereocenters. The van der Waals surface area contributed by atoms with Gasteiger partial charge in [-0.2, -0.15) is 22.6 Å². The van der Waals surface area contributed by atoms with Crippen molar-refractivity contribution < 1.29 is 26.4 Å². The Morgan fingerprint density at radius 3 is 2.30 bits per heavy atom. The number of piperazine rings is 1. The minimum Gasteiger partial charge on any atom is -0.336 e. The maximum Gasteiger partial charge on any atom is 0.416 e. The van der Waals surface area contributed by atoms with Crippen molar-refractivity contribution in [3.63, 3.8) is 0 Å². The number of nitrogens with zero attached hydrogens (tertiary/aromatic N) is 4. The van der Waals surface area contributed by atoms with Gasteiger partial charge < -0.3 is 4.90 Å². The number of para-hydroxylation sites is 1. The number of aromatic nitrogens is 2. The highest BCUT2D eigenvalue weighted by Gasteiger charge is 2.36. The number of benzene rings is 2. The van der Waals surface area contributed by atoms with Crippen LogP contribution in [0.5, 0.6) is 0 Å². The Kier molecular flexibility index (Phi) is 6.21. The zero-order valence-electron chi connectivity index (χ0n) is 17.0. The van der Waals surface area contributed by atoms with Crippen LogP contribution >= 0.6 is 11.6 Å². The van der Waals surface area contributed by atoms with Crippen LogP contribution in [-0.2, 0) is 16.2 Å². The van der Waals surface area contributed by atoms with Crippen LogP contribution < -0.4 is 0 Å². The molecule has 1 saturated heterocycles. The van der Waals surface area contributed by atoms with E-state index in [1.54, 1.807) is 10.9 Å². The van der Waals surface area contributed by atoms with Gasteiger partial charge in [-0.05, 0) is 30.3 Å². The molecule has 2 aromatic carbocycles. The van der Waals surface area contributed by atoms with Gasteiger partial charge >= 0.3 is 6.18 Å². The standard InChI is InChI=1S/C21H18ClF3N4O3S/c22-18-7-6-16(21(23,24)25)12-19(18)33(31,32)28-10-8-27(9-11-28)20(30)15-13-26-29(14-15)17-4-2-1-3-5-17/h1-7,12-14H,8-11H2. The Morgan fingerprint density at radius 2 is 1.67 bits per heavy atom. The lowest BCUT2D eigenvalue weighted by Crippen LogP contribution is -2.50. The normalized spacial score (nSPS) is 15.6. The number of carbonyl (C=O) groups is 1. The van der Waals surface area contributed by atoms with E-state index in [9.17, 15) is 26.4 Å². The summed E-state index contributed by atoms with van der Waals surface area (Å²) in [5.74, 6) is -0.314. The summed E-state index contributed by atoms with van der Waals surface area (Å²) in [5, 5.41) is 3.89. The highest BCUT2D eigenvalue weighted by Crippen LogP contribution is 2.34. The third-order valence-electron chi connectivity index (χ3n) is 5.25. The van der Waals surface area contributed by atoms with Gasteiger partial charge in [-0.15, -0.1) is 0 Å². The number of hydrogen-bond acceptors (Lipinski definition) is 4. The molecule has 12 heteroatoms. The Labute approximate surface area is 193 Å². The van der Waals surface area contributed by atoms with E-state index in [4.69, 9.17) is 11.6 Å². The molecule has 1 aromatic heterocycles. The number of alkyl halides is 3. The number of amides is 1. The third-order valence-corrected chi connectivity index (χ3v) is 7.63. The van der Waals surface area contributed by atoms with Crippen LogP contribution in [0.4, 0.5) is 13.2 Å². The summed E-state index contributed by atoms with van der Waals surface area (Å²) in [7, 11) is -4.27. The van der Waals surface area contributed by atoms with Crippen LogP contribution in [-0.4, -0.2) is 59.5 Å². The minimum atomic E-state index is -4.70. The zero-order chi connectivity index (χ0) is 23.8. The van der Waals surface area contributed by atoms with E-state index in [2.05, 4.69) is 5.10 Å². The van der Waals surface area contributed by atoms with Crippen LogP contribution in [0.3, 0.4) is 0 Å². The Morgan fingerprint density at radius 1 is 1.00 bits per heavy atom. The quantitative estimate of drug-likeness (QED) is 0.550. The monoisotopic (exact) mass is 498 g/mol. The molecule has 0 unspecified atom stereocenters. The van der Waals surface area contributed by atoms with Gasteiger partial charge in [0, 0.05) is 32.4 Å². The van der Waals surface area contributed by atoms with Gasteiger partial charge in [-0.25, -0.2) is 13.1 Å². The fourth-order valence-corrected chi connectivity index (χ4v) is 5.41. The SMILES string of the molecule is O=C(c1cnn(-c2ccccc2)c1)N1CCN(S(=O)(=O)c2cc(C(F)(F)F)ccc2Cl)CC1. The molecule has 0 spiro atoms. The second kappa shape index (κ2) is 8.81. The summed E-state index contributed by atoms with van der Waals surface area (Å²) < 4.78 is 67.6. The Hall–Kier alpha value is -2.89. The number of rotatable bonds is 4. The molecule has 1 aliphatic heterocycles. The molecule has 0 saturated carbocycles. The van der Waals surface area contributed by atoms with Gasteiger partial charge in [0.1, 0.15) is 4.90 Å². The molecule has 1 aliphatic rings. The largest absolute Gasteiger partial charge is 0.416 e. The molecule has 2 heterocycles. The predicted molar refractivity (Wildman–Crippen MR) is 115 cm³/mol. The summed E-state index contributed by atoms with van der Waals surface area (Å²) in [6.07, 6.45) is -1.69. The van der Waals surface area contributed by atoms with Gasteiger partial charge in [0.05, 0.1) is 28.0 Å². The fraction of sp³-hybridized carbons (Fsp3) is 0.238. The molecule has 4 rings (SSSR count). The van der Waals surface area contributed by atoms with E-state index in [1.165, 1.54) is 11.1 Å². The molecule has 3 aromatic rings. The van der Waals surface area contributed by atoms with E-state index in [1.807, 2.05) is 30.3 Å². The average Bonchev–Trinajstić information content (AvgIpc) is 3.29. The first-order valence-corrected chi connectivity index (χ1v) is 11.7. The molecular formula is C21H18ClF3N4O3S. The van der Waals surface area contributed by atoms with Crippen LogP contribution in [0.15, 0.2) is 65.8 Å². The van der Waals surface area contributed by atoms with E-state index < -0.39 is 26.7 Å². The average molecular weight is 499 g/mol. The number of sulfonamides is 1. The van der Waals surface area contributed by atoms with Crippen LogP contribution in [0.25, 0.3) is 5.69 Å². The molecule has 7 nitrogen and oxygen atoms in total. The molecule has 1 fully saturated rings. The van der Waals surface area contributed by atoms with E-state index in [0.29, 0.717) is 11.6 Å². The summed E-state index contributed by atoms with van der Waals surface area (Å²) >= 11 is 5.92. The van der Waals surface area contributed by atoms with Crippen molar-refractivity contribution >= 4 is 27.5 Å². The van der Waals surface area contributed by atoms with E-state index in [0.717, 1.165) is 22.1 Å². The predicted octanol–water partition coefficient (Wildman–Crippen LogP) is 3.69. The van der Waals surface area contributed by atoms with Crippen molar-refractivity contribution in [3.8, 4) is 5.69 Å². The lowest BCUT2D eigenvalue weighted by atomic mass is 10.2.